The standard InChI is InChI=1S/C11H11Cl2N3/c1-6-10(16(2)11(14)15-6)7-3-4-8(12)9(13)5-7/h3-5H,1-2H3,(H2,14,15). The second-order valence-electron chi connectivity index (χ2n) is 3.59. The Morgan fingerprint density at radius 3 is 2.44 bits per heavy atom. The first-order valence-corrected chi connectivity index (χ1v) is 5.50. The van der Waals surface area contributed by atoms with E-state index in [0.717, 1.165) is 17.0 Å². The topological polar surface area (TPSA) is 43.8 Å². The van der Waals surface area contributed by atoms with Gasteiger partial charge in [0, 0.05) is 12.6 Å². The lowest BCUT2D eigenvalue weighted by molar-refractivity contribution is 0.938. The van der Waals surface area contributed by atoms with E-state index in [1.807, 2.05) is 30.7 Å². The van der Waals surface area contributed by atoms with Crippen molar-refractivity contribution >= 4 is 29.2 Å². The number of hydrogen-bond acceptors (Lipinski definition) is 2. The van der Waals surface area contributed by atoms with Crippen LogP contribution in [0.25, 0.3) is 11.3 Å². The van der Waals surface area contributed by atoms with Crippen LogP contribution in [0.5, 0.6) is 0 Å². The van der Waals surface area contributed by atoms with Crippen molar-refractivity contribution in [2.24, 2.45) is 7.05 Å². The quantitative estimate of drug-likeness (QED) is 0.850. The summed E-state index contributed by atoms with van der Waals surface area (Å²) in [5.74, 6) is 0.485. The largest absolute Gasteiger partial charge is 0.369 e. The first-order valence-electron chi connectivity index (χ1n) is 4.75. The van der Waals surface area contributed by atoms with Crippen molar-refractivity contribution in [3.63, 3.8) is 0 Å². The third-order valence-corrected chi connectivity index (χ3v) is 3.24. The summed E-state index contributed by atoms with van der Waals surface area (Å²) in [4.78, 5) is 4.20. The van der Waals surface area contributed by atoms with E-state index >= 15 is 0 Å². The molecule has 0 saturated carbocycles. The Labute approximate surface area is 104 Å². The molecular weight excluding hydrogens is 245 g/mol. The molecule has 0 aliphatic carbocycles. The Hall–Kier alpha value is -1.19. The van der Waals surface area contributed by atoms with Crippen molar-refractivity contribution < 1.29 is 0 Å². The number of benzene rings is 1. The molecule has 5 heteroatoms. The van der Waals surface area contributed by atoms with Gasteiger partial charge in [-0.15, -0.1) is 0 Å². The van der Waals surface area contributed by atoms with E-state index < -0.39 is 0 Å². The highest BCUT2D eigenvalue weighted by molar-refractivity contribution is 6.42. The normalized spacial score (nSPS) is 10.8. The Bertz CT molecular complexity index is 546. The highest BCUT2D eigenvalue weighted by Gasteiger charge is 2.12. The Morgan fingerprint density at radius 2 is 1.94 bits per heavy atom. The summed E-state index contributed by atoms with van der Waals surface area (Å²) in [5.41, 5.74) is 8.52. The van der Waals surface area contributed by atoms with Gasteiger partial charge in [0.15, 0.2) is 0 Å². The SMILES string of the molecule is Cc1nc(N)n(C)c1-c1ccc(Cl)c(Cl)c1. The predicted octanol–water partition coefficient (Wildman–Crippen LogP) is 3.28. The summed E-state index contributed by atoms with van der Waals surface area (Å²) in [6.45, 7) is 1.91. The number of nitrogens with zero attached hydrogens (tertiary/aromatic N) is 2. The molecule has 0 radical (unpaired) electrons. The number of hydrogen-bond donors (Lipinski definition) is 1. The number of imidazole rings is 1. The van der Waals surface area contributed by atoms with Gasteiger partial charge in [-0.1, -0.05) is 29.3 Å². The van der Waals surface area contributed by atoms with Crippen molar-refractivity contribution in [1.82, 2.24) is 9.55 Å². The molecule has 1 heterocycles. The van der Waals surface area contributed by atoms with Crippen molar-refractivity contribution in [3.8, 4) is 11.3 Å². The molecule has 0 unspecified atom stereocenters. The Morgan fingerprint density at radius 1 is 1.25 bits per heavy atom. The summed E-state index contributed by atoms with van der Waals surface area (Å²) in [6, 6.07) is 5.48. The summed E-state index contributed by atoms with van der Waals surface area (Å²) in [6.07, 6.45) is 0. The molecule has 1 aromatic heterocycles. The van der Waals surface area contributed by atoms with E-state index in [-0.39, 0.29) is 0 Å². The lowest BCUT2D eigenvalue weighted by atomic mass is 10.1. The Balaban J connectivity index is 2.63. The van der Waals surface area contributed by atoms with E-state index in [9.17, 15) is 0 Å². The van der Waals surface area contributed by atoms with Crippen LogP contribution in [0.15, 0.2) is 18.2 Å². The molecule has 84 valence electrons. The summed E-state index contributed by atoms with van der Waals surface area (Å²) in [5, 5.41) is 1.07. The van der Waals surface area contributed by atoms with Gasteiger partial charge in [-0.2, -0.15) is 0 Å². The molecule has 1 aromatic carbocycles. The van der Waals surface area contributed by atoms with Gasteiger partial charge in [0.25, 0.3) is 0 Å². The summed E-state index contributed by atoms with van der Waals surface area (Å²) >= 11 is 11.9. The number of nitrogens with two attached hydrogens (primary N) is 1. The van der Waals surface area contributed by atoms with Gasteiger partial charge in [0.1, 0.15) is 0 Å². The number of halogens is 2. The summed E-state index contributed by atoms with van der Waals surface area (Å²) < 4.78 is 1.83. The first-order chi connectivity index (χ1) is 7.50. The smallest absolute Gasteiger partial charge is 0.200 e. The molecule has 2 rings (SSSR count). The maximum absolute atomic E-state index is 5.98. The van der Waals surface area contributed by atoms with E-state index in [0.29, 0.717) is 16.0 Å². The second kappa shape index (κ2) is 4.00. The maximum atomic E-state index is 5.98. The molecule has 0 fully saturated rings. The number of nitrogen functional groups attached to an aromatic ring is 1. The average Bonchev–Trinajstić information content (AvgIpc) is 2.47. The Kier molecular flexibility index (Phi) is 2.82. The summed E-state index contributed by atoms with van der Waals surface area (Å²) in [7, 11) is 1.87. The monoisotopic (exact) mass is 255 g/mol. The van der Waals surface area contributed by atoms with Crippen LogP contribution in [0, 0.1) is 6.92 Å². The van der Waals surface area contributed by atoms with E-state index in [2.05, 4.69) is 4.98 Å². The van der Waals surface area contributed by atoms with E-state index in [1.165, 1.54) is 0 Å². The van der Waals surface area contributed by atoms with Gasteiger partial charge in [0.2, 0.25) is 5.95 Å². The van der Waals surface area contributed by atoms with Gasteiger partial charge in [-0.25, -0.2) is 4.98 Å². The number of aromatic nitrogens is 2. The number of anilines is 1. The van der Waals surface area contributed by atoms with E-state index in [4.69, 9.17) is 28.9 Å². The molecule has 2 N–H and O–H groups in total. The minimum Gasteiger partial charge on any atom is -0.369 e. The van der Waals surface area contributed by atoms with Gasteiger partial charge < -0.3 is 10.3 Å². The molecule has 0 amide bonds. The van der Waals surface area contributed by atoms with Crippen LogP contribution < -0.4 is 5.73 Å². The molecule has 0 spiro atoms. The van der Waals surface area contributed by atoms with Crippen LogP contribution in [0.3, 0.4) is 0 Å². The van der Waals surface area contributed by atoms with Crippen LogP contribution in [0.2, 0.25) is 10.0 Å². The fraction of sp³-hybridized carbons (Fsp3) is 0.182. The van der Waals surface area contributed by atoms with Crippen LogP contribution in [-0.2, 0) is 7.05 Å². The number of rotatable bonds is 1. The van der Waals surface area contributed by atoms with Crippen molar-refractivity contribution in [1.29, 1.82) is 0 Å². The zero-order valence-corrected chi connectivity index (χ0v) is 10.5. The third kappa shape index (κ3) is 1.77. The lowest BCUT2D eigenvalue weighted by Crippen LogP contribution is -1.98. The fourth-order valence-electron chi connectivity index (χ4n) is 1.70. The lowest BCUT2D eigenvalue weighted by Gasteiger charge is -2.06. The third-order valence-electron chi connectivity index (χ3n) is 2.50. The van der Waals surface area contributed by atoms with Gasteiger partial charge >= 0.3 is 0 Å². The molecule has 2 aromatic rings. The minimum absolute atomic E-state index is 0.485. The zero-order chi connectivity index (χ0) is 11.9. The van der Waals surface area contributed by atoms with E-state index in [1.54, 1.807) is 6.07 Å². The molecule has 0 aliphatic rings. The molecule has 0 atom stereocenters. The second-order valence-corrected chi connectivity index (χ2v) is 4.41. The highest BCUT2D eigenvalue weighted by Crippen LogP contribution is 2.30. The van der Waals surface area contributed by atoms with Gasteiger partial charge in [-0.05, 0) is 19.1 Å². The van der Waals surface area contributed by atoms with Crippen molar-refractivity contribution in [2.45, 2.75) is 6.92 Å². The van der Waals surface area contributed by atoms with Crippen molar-refractivity contribution in [3.05, 3.63) is 33.9 Å². The fourth-order valence-corrected chi connectivity index (χ4v) is 2.00. The minimum atomic E-state index is 0.485. The average molecular weight is 256 g/mol. The zero-order valence-electron chi connectivity index (χ0n) is 8.96. The molecule has 0 saturated heterocycles. The highest BCUT2D eigenvalue weighted by atomic mass is 35.5. The van der Waals surface area contributed by atoms with Crippen LogP contribution in [0.4, 0.5) is 5.95 Å². The van der Waals surface area contributed by atoms with Crippen LogP contribution in [0.1, 0.15) is 5.69 Å². The van der Waals surface area contributed by atoms with Crippen LogP contribution in [-0.4, -0.2) is 9.55 Å². The van der Waals surface area contributed by atoms with Gasteiger partial charge in [-0.3, -0.25) is 0 Å². The first kappa shape index (κ1) is 11.3. The number of aryl methyl sites for hydroxylation is 1. The molecule has 0 bridgehead atoms. The van der Waals surface area contributed by atoms with Gasteiger partial charge in [0.05, 0.1) is 21.4 Å². The molecule has 3 nitrogen and oxygen atoms in total. The van der Waals surface area contributed by atoms with Crippen molar-refractivity contribution in [2.75, 3.05) is 5.73 Å². The predicted molar refractivity (Wildman–Crippen MR) is 67.8 cm³/mol. The molecular formula is C11H11Cl2N3. The molecule has 16 heavy (non-hydrogen) atoms. The van der Waals surface area contributed by atoms with Crippen LogP contribution >= 0.6 is 23.2 Å². The molecule has 0 aliphatic heterocycles. The maximum Gasteiger partial charge on any atom is 0.200 e.